The molecule has 3 nitrogen and oxygen atoms in total. The van der Waals surface area contributed by atoms with E-state index in [1.807, 2.05) is 19.1 Å². The summed E-state index contributed by atoms with van der Waals surface area (Å²) in [5.74, 6) is 0.913. The minimum atomic E-state index is 0.486. The maximum Gasteiger partial charge on any atom is 0.118 e. The molecule has 1 N–H and O–H groups in total. The molecule has 0 saturated carbocycles. The van der Waals surface area contributed by atoms with Gasteiger partial charge in [0.15, 0.2) is 0 Å². The molecule has 1 atom stereocenters. The highest BCUT2D eigenvalue weighted by atomic mass is 16.5. The summed E-state index contributed by atoms with van der Waals surface area (Å²) in [5, 5.41) is 3.51. The molecule has 0 amide bonds. The molecule has 102 valence electrons. The molecule has 1 aromatic carbocycles. The first kappa shape index (κ1) is 15.0. The Morgan fingerprint density at radius 1 is 1.22 bits per heavy atom. The summed E-state index contributed by atoms with van der Waals surface area (Å²) < 4.78 is 10.5. The van der Waals surface area contributed by atoms with Crippen molar-refractivity contribution in [1.29, 1.82) is 0 Å². The van der Waals surface area contributed by atoms with Crippen LogP contribution in [-0.4, -0.2) is 32.9 Å². The van der Waals surface area contributed by atoms with E-state index in [1.165, 1.54) is 5.56 Å². The van der Waals surface area contributed by atoms with Gasteiger partial charge in [-0.25, -0.2) is 0 Å². The third-order valence-corrected chi connectivity index (χ3v) is 2.86. The molecule has 0 fully saturated rings. The van der Waals surface area contributed by atoms with Crippen LogP contribution in [0.25, 0.3) is 0 Å². The van der Waals surface area contributed by atoms with Crippen LogP contribution in [0.4, 0.5) is 0 Å². The van der Waals surface area contributed by atoms with Crippen LogP contribution in [0.3, 0.4) is 0 Å². The van der Waals surface area contributed by atoms with Gasteiger partial charge in [0.25, 0.3) is 0 Å². The van der Waals surface area contributed by atoms with Crippen LogP contribution >= 0.6 is 0 Å². The van der Waals surface area contributed by atoms with Crippen molar-refractivity contribution in [2.75, 3.05) is 26.9 Å². The van der Waals surface area contributed by atoms with Gasteiger partial charge < -0.3 is 14.8 Å². The Bertz CT molecular complexity index is 311. The highest BCUT2D eigenvalue weighted by Crippen LogP contribution is 2.12. The third-order valence-electron chi connectivity index (χ3n) is 2.86. The van der Waals surface area contributed by atoms with Gasteiger partial charge in [-0.15, -0.1) is 0 Å². The molecular weight excluding hydrogens is 226 g/mol. The predicted octanol–water partition coefficient (Wildman–Crippen LogP) is 2.64. The van der Waals surface area contributed by atoms with Crippen molar-refractivity contribution in [1.82, 2.24) is 5.32 Å². The van der Waals surface area contributed by atoms with Crippen LogP contribution in [0.15, 0.2) is 24.3 Å². The van der Waals surface area contributed by atoms with E-state index in [0.29, 0.717) is 6.04 Å². The lowest BCUT2D eigenvalue weighted by molar-refractivity contribution is 0.144. The van der Waals surface area contributed by atoms with Crippen LogP contribution in [0.1, 0.15) is 25.8 Å². The van der Waals surface area contributed by atoms with Crippen molar-refractivity contribution in [3.8, 4) is 5.75 Å². The molecule has 3 heteroatoms. The number of hydrogen-bond acceptors (Lipinski definition) is 3. The van der Waals surface area contributed by atoms with Crippen molar-refractivity contribution in [3.05, 3.63) is 29.8 Å². The van der Waals surface area contributed by atoms with E-state index in [-0.39, 0.29) is 0 Å². The van der Waals surface area contributed by atoms with Crippen molar-refractivity contribution in [2.24, 2.45) is 0 Å². The Labute approximate surface area is 110 Å². The second kappa shape index (κ2) is 8.95. The smallest absolute Gasteiger partial charge is 0.118 e. The lowest BCUT2D eigenvalue weighted by Gasteiger charge is -2.14. The zero-order valence-electron chi connectivity index (χ0n) is 11.7. The van der Waals surface area contributed by atoms with E-state index in [2.05, 4.69) is 24.4 Å². The summed E-state index contributed by atoms with van der Waals surface area (Å²) in [7, 11) is 1.69. The van der Waals surface area contributed by atoms with Gasteiger partial charge in [0, 0.05) is 19.3 Å². The highest BCUT2D eigenvalue weighted by Gasteiger charge is 2.02. The van der Waals surface area contributed by atoms with E-state index >= 15 is 0 Å². The van der Waals surface area contributed by atoms with Crippen LogP contribution < -0.4 is 10.1 Å². The molecule has 0 aliphatic rings. The standard InChI is InChI=1S/C15H25NO2/c1-4-18-11-5-10-16-13(2)12-14-6-8-15(17-3)9-7-14/h6-9,13,16H,4-5,10-12H2,1-3H3. The summed E-state index contributed by atoms with van der Waals surface area (Å²) >= 11 is 0. The van der Waals surface area contributed by atoms with Gasteiger partial charge in [-0.05, 0) is 50.9 Å². The second-order valence-electron chi connectivity index (χ2n) is 4.46. The number of ether oxygens (including phenoxy) is 2. The fourth-order valence-electron chi connectivity index (χ4n) is 1.85. The van der Waals surface area contributed by atoms with E-state index in [1.54, 1.807) is 7.11 Å². The predicted molar refractivity (Wildman–Crippen MR) is 75.3 cm³/mol. The fraction of sp³-hybridized carbons (Fsp3) is 0.600. The number of rotatable bonds is 9. The van der Waals surface area contributed by atoms with Gasteiger partial charge in [0.1, 0.15) is 5.75 Å². The third kappa shape index (κ3) is 6.03. The number of nitrogens with one attached hydrogen (secondary N) is 1. The van der Waals surface area contributed by atoms with Crippen molar-refractivity contribution in [2.45, 2.75) is 32.7 Å². The molecule has 0 spiro atoms. The molecule has 1 rings (SSSR count). The molecule has 0 aromatic heterocycles. The summed E-state index contributed by atoms with van der Waals surface area (Å²) in [4.78, 5) is 0. The Kier molecular flexibility index (Phi) is 7.46. The zero-order chi connectivity index (χ0) is 13.2. The zero-order valence-corrected chi connectivity index (χ0v) is 11.7. The van der Waals surface area contributed by atoms with Gasteiger partial charge in [0.2, 0.25) is 0 Å². The van der Waals surface area contributed by atoms with Gasteiger partial charge in [-0.1, -0.05) is 12.1 Å². The maximum atomic E-state index is 5.31. The Morgan fingerprint density at radius 2 is 1.94 bits per heavy atom. The number of methoxy groups -OCH3 is 1. The van der Waals surface area contributed by atoms with Gasteiger partial charge in [-0.3, -0.25) is 0 Å². The number of benzene rings is 1. The SMILES string of the molecule is CCOCCCNC(C)Cc1ccc(OC)cc1. The molecule has 0 aliphatic heterocycles. The normalized spacial score (nSPS) is 12.4. The molecule has 0 bridgehead atoms. The first-order chi connectivity index (χ1) is 8.76. The van der Waals surface area contributed by atoms with Gasteiger partial charge >= 0.3 is 0 Å². The second-order valence-corrected chi connectivity index (χ2v) is 4.46. The van der Waals surface area contributed by atoms with Crippen LogP contribution in [0.5, 0.6) is 5.75 Å². The van der Waals surface area contributed by atoms with Gasteiger partial charge in [-0.2, -0.15) is 0 Å². The van der Waals surface area contributed by atoms with Crippen molar-refractivity contribution < 1.29 is 9.47 Å². The lowest BCUT2D eigenvalue weighted by atomic mass is 10.1. The molecule has 0 radical (unpaired) electrons. The lowest BCUT2D eigenvalue weighted by Crippen LogP contribution is -2.29. The quantitative estimate of drug-likeness (QED) is 0.684. The maximum absolute atomic E-state index is 5.31. The topological polar surface area (TPSA) is 30.5 Å². The molecule has 1 unspecified atom stereocenters. The van der Waals surface area contributed by atoms with Crippen LogP contribution in [0, 0.1) is 0 Å². The summed E-state index contributed by atoms with van der Waals surface area (Å²) in [5.41, 5.74) is 1.33. The first-order valence-electron chi connectivity index (χ1n) is 6.70. The summed E-state index contributed by atoms with van der Waals surface area (Å²) in [6.45, 7) is 6.90. The van der Waals surface area contributed by atoms with E-state index in [0.717, 1.165) is 38.3 Å². The van der Waals surface area contributed by atoms with Crippen molar-refractivity contribution >= 4 is 0 Å². The molecule has 0 saturated heterocycles. The van der Waals surface area contributed by atoms with Crippen LogP contribution in [0.2, 0.25) is 0 Å². The van der Waals surface area contributed by atoms with Crippen LogP contribution in [-0.2, 0) is 11.2 Å². The summed E-state index contributed by atoms with van der Waals surface area (Å²) in [6.07, 6.45) is 2.11. The largest absolute Gasteiger partial charge is 0.497 e. The molecule has 1 aromatic rings. The average Bonchev–Trinajstić information content (AvgIpc) is 2.39. The van der Waals surface area contributed by atoms with E-state index in [9.17, 15) is 0 Å². The molecule has 0 heterocycles. The summed E-state index contributed by atoms with van der Waals surface area (Å²) in [6, 6.07) is 8.75. The minimum Gasteiger partial charge on any atom is -0.497 e. The monoisotopic (exact) mass is 251 g/mol. The minimum absolute atomic E-state index is 0.486. The van der Waals surface area contributed by atoms with E-state index < -0.39 is 0 Å². The molecule has 18 heavy (non-hydrogen) atoms. The number of hydrogen-bond donors (Lipinski definition) is 1. The Hall–Kier alpha value is -1.06. The Balaban J connectivity index is 2.20. The van der Waals surface area contributed by atoms with Gasteiger partial charge in [0.05, 0.1) is 7.11 Å². The molecule has 0 aliphatic carbocycles. The molecular formula is C15H25NO2. The first-order valence-corrected chi connectivity index (χ1v) is 6.70. The van der Waals surface area contributed by atoms with Crippen molar-refractivity contribution in [3.63, 3.8) is 0 Å². The Morgan fingerprint density at radius 3 is 2.56 bits per heavy atom. The average molecular weight is 251 g/mol. The highest BCUT2D eigenvalue weighted by molar-refractivity contribution is 5.27. The fourth-order valence-corrected chi connectivity index (χ4v) is 1.85. The van der Waals surface area contributed by atoms with E-state index in [4.69, 9.17) is 9.47 Å².